The normalized spacial score (nSPS) is 22.9. The Morgan fingerprint density at radius 2 is 2.11 bits per heavy atom. The summed E-state index contributed by atoms with van der Waals surface area (Å²) in [5, 5.41) is 3.61. The van der Waals surface area contributed by atoms with Crippen molar-refractivity contribution in [2.24, 2.45) is 0 Å². The molecule has 4 rings (SSSR count). The highest BCUT2D eigenvalue weighted by Crippen LogP contribution is 2.37. The minimum Gasteiger partial charge on any atom is -0.423 e. The van der Waals surface area contributed by atoms with Crippen LogP contribution in [0.5, 0.6) is 5.75 Å². The number of rotatable bonds is 3. The van der Waals surface area contributed by atoms with Crippen molar-refractivity contribution in [1.82, 2.24) is 10.2 Å². The molecule has 0 aliphatic carbocycles. The van der Waals surface area contributed by atoms with E-state index in [1.807, 2.05) is 18.2 Å². The summed E-state index contributed by atoms with van der Waals surface area (Å²) in [5.74, 6) is 0.201. The van der Waals surface area contributed by atoms with E-state index in [1.54, 1.807) is 0 Å². The summed E-state index contributed by atoms with van der Waals surface area (Å²) < 4.78 is 11.2. The van der Waals surface area contributed by atoms with Gasteiger partial charge in [-0.3, -0.25) is 0 Å². The molecule has 1 N–H and O–H groups in total. The molecule has 2 aromatic carbocycles. The number of hydrogen-bond acceptors (Lipinski definition) is 5. The van der Waals surface area contributed by atoms with Gasteiger partial charge in [-0.2, -0.15) is 0 Å². The molecule has 0 radical (unpaired) electrons. The number of likely N-dealkylation sites (N-methyl/N-ethyl adjacent to an activating group) is 1. The van der Waals surface area contributed by atoms with Crippen LogP contribution in [0, 0.1) is 0 Å². The summed E-state index contributed by atoms with van der Waals surface area (Å²) in [6.07, 6.45) is 0.318. The molecule has 2 aromatic rings. The van der Waals surface area contributed by atoms with E-state index in [4.69, 9.17) is 21.1 Å². The molecular weight excluding hydrogens is 376 g/mol. The van der Waals surface area contributed by atoms with Crippen LogP contribution in [0.1, 0.15) is 22.6 Å². The zero-order valence-electron chi connectivity index (χ0n) is 16.0. The molecule has 28 heavy (non-hydrogen) atoms. The van der Waals surface area contributed by atoms with Gasteiger partial charge < -0.3 is 19.7 Å². The first-order valence-electron chi connectivity index (χ1n) is 9.71. The van der Waals surface area contributed by atoms with E-state index in [0.29, 0.717) is 23.9 Å². The Labute approximate surface area is 170 Å². The second kappa shape index (κ2) is 8.62. The van der Waals surface area contributed by atoms with Gasteiger partial charge in [0.25, 0.3) is 0 Å². The van der Waals surface area contributed by atoms with Gasteiger partial charge in [0, 0.05) is 32.1 Å². The average Bonchev–Trinajstić information content (AvgIpc) is 2.88. The van der Waals surface area contributed by atoms with Gasteiger partial charge in [0.15, 0.2) is 6.10 Å². The quantitative estimate of drug-likeness (QED) is 0.634. The van der Waals surface area contributed by atoms with Gasteiger partial charge in [-0.15, -0.1) is 0 Å². The number of fused-ring (bicyclic) bond motifs is 1. The van der Waals surface area contributed by atoms with E-state index in [2.05, 4.69) is 41.5 Å². The number of carbonyl (C=O) groups excluding carboxylic acids is 1. The van der Waals surface area contributed by atoms with E-state index in [0.717, 1.165) is 26.1 Å². The molecule has 5 nitrogen and oxygen atoms in total. The molecule has 2 atom stereocenters. The number of nitrogens with zero attached hydrogens (tertiary/aromatic N) is 1. The SMILES string of the molecule is CN1CCc2cc(Cl)c(OC(=O)C3CNCCO3)cc2[C@H](c2ccccc2)C1. The first-order valence-corrected chi connectivity index (χ1v) is 10.1. The van der Waals surface area contributed by atoms with Gasteiger partial charge in [-0.1, -0.05) is 41.9 Å². The zero-order chi connectivity index (χ0) is 19.5. The van der Waals surface area contributed by atoms with Crippen molar-refractivity contribution in [3.63, 3.8) is 0 Å². The lowest BCUT2D eigenvalue weighted by Gasteiger charge is -2.24. The van der Waals surface area contributed by atoms with Gasteiger partial charge in [0.2, 0.25) is 0 Å². The summed E-state index contributed by atoms with van der Waals surface area (Å²) in [6.45, 7) is 3.57. The number of nitrogens with one attached hydrogen (secondary N) is 1. The summed E-state index contributed by atoms with van der Waals surface area (Å²) >= 11 is 6.48. The molecule has 0 spiro atoms. The van der Waals surface area contributed by atoms with Gasteiger partial charge in [0.05, 0.1) is 11.6 Å². The average molecular weight is 401 g/mol. The Kier molecular flexibility index (Phi) is 5.97. The molecule has 6 heteroatoms. The van der Waals surface area contributed by atoms with Crippen molar-refractivity contribution in [2.45, 2.75) is 18.4 Å². The van der Waals surface area contributed by atoms with E-state index < -0.39 is 12.1 Å². The lowest BCUT2D eigenvalue weighted by Crippen LogP contribution is -2.44. The first-order chi connectivity index (χ1) is 13.6. The van der Waals surface area contributed by atoms with Crippen LogP contribution in [-0.2, 0) is 16.0 Å². The fourth-order valence-corrected chi connectivity index (χ4v) is 4.13. The zero-order valence-corrected chi connectivity index (χ0v) is 16.7. The minimum atomic E-state index is -0.598. The van der Waals surface area contributed by atoms with Crippen molar-refractivity contribution in [2.75, 3.05) is 39.8 Å². The Bertz CT molecular complexity index is 837. The number of halogens is 1. The molecule has 1 fully saturated rings. The van der Waals surface area contributed by atoms with Crippen LogP contribution in [-0.4, -0.2) is 56.8 Å². The van der Waals surface area contributed by atoms with Gasteiger partial charge >= 0.3 is 5.97 Å². The van der Waals surface area contributed by atoms with Crippen molar-refractivity contribution < 1.29 is 14.3 Å². The van der Waals surface area contributed by atoms with Crippen molar-refractivity contribution >= 4 is 17.6 Å². The van der Waals surface area contributed by atoms with Crippen molar-refractivity contribution in [1.29, 1.82) is 0 Å². The molecule has 2 aliphatic heterocycles. The van der Waals surface area contributed by atoms with Gasteiger partial charge in [0.1, 0.15) is 5.75 Å². The smallest absolute Gasteiger partial charge is 0.342 e. The first kappa shape index (κ1) is 19.4. The van der Waals surface area contributed by atoms with Crippen LogP contribution in [0.3, 0.4) is 0 Å². The number of ether oxygens (including phenoxy) is 2. The third kappa shape index (κ3) is 4.23. The standard InChI is InChI=1S/C22H25ClN2O3/c1-25-9-7-16-11-19(23)20(28-22(26)21-13-24-8-10-27-21)12-17(16)18(14-25)15-5-3-2-4-6-15/h2-6,11-12,18,21,24H,7-10,13-14H2,1H3/t18-,21?/m0/s1. The molecule has 0 amide bonds. The lowest BCUT2D eigenvalue weighted by atomic mass is 9.88. The second-order valence-electron chi connectivity index (χ2n) is 7.44. The third-order valence-electron chi connectivity index (χ3n) is 5.43. The predicted molar refractivity (Wildman–Crippen MR) is 109 cm³/mol. The van der Waals surface area contributed by atoms with Crippen LogP contribution in [0.15, 0.2) is 42.5 Å². The molecule has 148 valence electrons. The molecule has 1 saturated heterocycles. The lowest BCUT2D eigenvalue weighted by molar-refractivity contribution is -0.148. The van der Waals surface area contributed by atoms with Crippen molar-refractivity contribution in [3.05, 3.63) is 64.2 Å². The Balaban J connectivity index is 1.66. The highest BCUT2D eigenvalue weighted by Gasteiger charge is 2.28. The molecule has 1 unspecified atom stereocenters. The van der Waals surface area contributed by atoms with Crippen LogP contribution in [0.2, 0.25) is 5.02 Å². The summed E-state index contributed by atoms with van der Waals surface area (Å²) in [4.78, 5) is 14.8. The maximum atomic E-state index is 12.5. The van der Waals surface area contributed by atoms with E-state index in [9.17, 15) is 4.79 Å². The second-order valence-corrected chi connectivity index (χ2v) is 7.85. The third-order valence-corrected chi connectivity index (χ3v) is 5.72. The Morgan fingerprint density at radius 1 is 1.29 bits per heavy atom. The fourth-order valence-electron chi connectivity index (χ4n) is 3.90. The van der Waals surface area contributed by atoms with Gasteiger partial charge in [-0.25, -0.2) is 4.79 Å². The highest BCUT2D eigenvalue weighted by molar-refractivity contribution is 6.32. The summed E-state index contributed by atoms with van der Waals surface area (Å²) in [5.41, 5.74) is 3.63. The Morgan fingerprint density at radius 3 is 2.86 bits per heavy atom. The number of morpholine rings is 1. The van der Waals surface area contributed by atoms with E-state index in [-0.39, 0.29) is 5.92 Å². The largest absolute Gasteiger partial charge is 0.423 e. The van der Waals surface area contributed by atoms with Crippen molar-refractivity contribution in [3.8, 4) is 5.75 Å². The molecule has 0 bridgehead atoms. The molecule has 0 saturated carbocycles. The molecule has 2 heterocycles. The maximum absolute atomic E-state index is 12.5. The summed E-state index contributed by atoms with van der Waals surface area (Å²) in [7, 11) is 2.14. The van der Waals surface area contributed by atoms with Crippen LogP contribution < -0.4 is 10.1 Å². The van der Waals surface area contributed by atoms with Crippen LogP contribution in [0.25, 0.3) is 0 Å². The number of esters is 1. The monoisotopic (exact) mass is 400 g/mol. The van der Waals surface area contributed by atoms with Crippen LogP contribution in [0.4, 0.5) is 0 Å². The molecule has 0 aromatic heterocycles. The molecular formula is C22H25ClN2O3. The number of hydrogen-bond donors (Lipinski definition) is 1. The van der Waals surface area contributed by atoms with Crippen LogP contribution >= 0.6 is 11.6 Å². The topological polar surface area (TPSA) is 50.8 Å². The predicted octanol–water partition coefficient (Wildman–Crippen LogP) is 2.85. The minimum absolute atomic E-state index is 0.200. The Hall–Kier alpha value is -1.92. The summed E-state index contributed by atoms with van der Waals surface area (Å²) in [6, 6.07) is 14.3. The van der Waals surface area contributed by atoms with E-state index in [1.165, 1.54) is 16.7 Å². The fraction of sp³-hybridized carbons (Fsp3) is 0.409. The number of benzene rings is 2. The maximum Gasteiger partial charge on any atom is 0.342 e. The highest BCUT2D eigenvalue weighted by atomic mass is 35.5. The molecule has 2 aliphatic rings. The number of carbonyl (C=O) groups is 1. The van der Waals surface area contributed by atoms with Gasteiger partial charge in [-0.05, 0) is 42.3 Å². The van der Waals surface area contributed by atoms with E-state index >= 15 is 0 Å².